The first kappa shape index (κ1) is 24.8. The molecule has 0 spiro atoms. The van der Waals surface area contributed by atoms with E-state index in [9.17, 15) is 9.59 Å². The maximum atomic E-state index is 13.7. The molecule has 2 aromatic carbocycles. The van der Waals surface area contributed by atoms with Crippen molar-refractivity contribution >= 4 is 23.2 Å². The van der Waals surface area contributed by atoms with Crippen LogP contribution in [0.15, 0.2) is 66.0 Å². The lowest BCUT2D eigenvalue weighted by atomic mass is 10.00. The van der Waals surface area contributed by atoms with Crippen molar-refractivity contribution in [2.45, 2.75) is 38.8 Å². The molecule has 6 nitrogen and oxygen atoms in total. The zero-order chi connectivity index (χ0) is 24.8. The number of fused-ring (bicyclic) bond motifs is 1. The molecule has 35 heavy (non-hydrogen) atoms. The minimum atomic E-state index is -0.229. The Kier molecular flexibility index (Phi) is 8.08. The molecule has 0 bridgehead atoms. The molecule has 3 aromatic rings. The van der Waals surface area contributed by atoms with Crippen LogP contribution in [0.4, 0.5) is 0 Å². The highest BCUT2D eigenvalue weighted by molar-refractivity contribution is 7.10. The summed E-state index contributed by atoms with van der Waals surface area (Å²) in [5.41, 5.74) is 1.71. The van der Waals surface area contributed by atoms with Gasteiger partial charge in [-0.15, -0.1) is 11.3 Å². The molecule has 0 saturated carbocycles. The van der Waals surface area contributed by atoms with Gasteiger partial charge in [0, 0.05) is 23.0 Å². The van der Waals surface area contributed by atoms with Crippen LogP contribution in [0.25, 0.3) is 0 Å². The van der Waals surface area contributed by atoms with Gasteiger partial charge in [0.15, 0.2) is 11.5 Å². The van der Waals surface area contributed by atoms with Gasteiger partial charge in [0.2, 0.25) is 5.91 Å². The lowest BCUT2D eigenvalue weighted by Crippen LogP contribution is -2.49. The Labute approximate surface area is 211 Å². The summed E-state index contributed by atoms with van der Waals surface area (Å²) in [6, 6.07) is 18.5. The van der Waals surface area contributed by atoms with Crippen LogP contribution in [0.3, 0.4) is 0 Å². The van der Waals surface area contributed by atoms with E-state index in [1.807, 2.05) is 61.2 Å². The number of ether oxygens (including phenoxy) is 2. The van der Waals surface area contributed by atoms with Crippen LogP contribution >= 0.6 is 11.3 Å². The van der Waals surface area contributed by atoms with Crippen LogP contribution in [-0.4, -0.2) is 54.5 Å². The third-order valence-corrected chi connectivity index (χ3v) is 7.59. The lowest BCUT2D eigenvalue weighted by molar-refractivity contribution is -0.136. The van der Waals surface area contributed by atoms with E-state index in [4.69, 9.17) is 9.47 Å². The van der Waals surface area contributed by atoms with Crippen molar-refractivity contribution in [3.05, 3.63) is 82.0 Å². The number of amides is 2. The fraction of sp³-hybridized carbons (Fsp3) is 0.357. The summed E-state index contributed by atoms with van der Waals surface area (Å²) >= 11 is 1.71. The van der Waals surface area contributed by atoms with Gasteiger partial charge in [0.25, 0.3) is 5.91 Å². The number of hydrogen-bond acceptors (Lipinski definition) is 5. The third-order valence-electron chi connectivity index (χ3n) is 6.59. The van der Waals surface area contributed by atoms with Crippen LogP contribution in [0.2, 0.25) is 0 Å². The normalized spacial score (nSPS) is 15.7. The predicted molar refractivity (Wildman–Crippen MR) is 138 cm³/mol. The number of benzene rings is 2. The molecule has 4 rings (SSSR count). The third kappa shape index (κ3) is 5.51. The number of methoxy groups -OCH3 is 1. The van der Waals surface area contributed by atoms with E-state index >= 15 is 0 Å². The fourth-order valence-electron chi connectivity index (χ4n) is 4.41. The van der Waals surface area contributed by atoms with Crippen LogP contribution < -0.4 is 9.47 Å². The highest BCUT2D eigenvalue weighted by Gasteiger charge is 2.34. The summed E-state index contributed by atoms with van der Waals surface area (Å²) in [6.07, 6.45) is 1.57. The summed E-state index contributed by atoms with van der Waals surface area (Å²) in [4.78, 5) is 31.8. The number of para-hydroxylation sites is 2. The Morgan fingerprint density at radius 1 is 1.09 bits per heavy atom. The Morgan fingerprint density at radius 3 is 2.51 bits per heavy atom. The van der Waals surface area contributed by atoms with Crippen molar-refractivity contribution < 1.29 is 19.1 Å². The van der Waals surface area contributed by atoms with Gasteiger partial charge in [-0.1, -0.05) is 37.3 Å². The second-order valence-electron chi connectivity index (χ2n) is 8.67. The van der Waals surface area contributed by atoms with Crippen molar-refractivity contribution in [3.8, 4) is 11.5 Å². The van der Waals surface area contributed by atoms with Crippen molar-refractivity contribution in [1.29, 1.82) is 0 Å². The molecule has 7 heteroatoms. The number of hydrogen-bond donors (Lipinski definition) is 0. The smallest absolute Gasteiger partial charge is 0.254 e. The molecule has 2 heterocycles. The average Bonchev–Trinajstić information content (AvgIpc) is 3.39. The standard InChI is InChI=1S/C28H32N2O4S/c1-4-20(2)30(28(32)21-10-6-5-7-11-21)18-27(31)29-16-14-26-22(15-17-35-26)23(29)19-34-25-13-9-8-12-24(25)33-3/h5-13,15,17,20,23H,4,14,16,18-19H2,1-3H3/t20-,23+/m1/s1. The highest BCUT2D eigenvalue weighted by atomic mass is 32.1. The molecule has 184 valence electrons. The largest absolute Gasteiger partial charge is 0.493 e. The maximum absolute atomic E-state index is 13.7. The van der Waals surface area contributed by atoms with E-state index in [1.165, 1.54) is 4.88 Å². The van der Waals surface area contributed by atoms with Gasteiger partial charge in [0.05, 0.1) is 13.2 Å². The summed E-state index contributed by atoms with van der Waals surface area (Å²) < 4.78 is 11.6. The van der Waals surface area contributed by atoms with E-state index in [2.05, 4.69) is 11.4 Å². The zero-order valence-electron chi connectivity index (χ0n) is 20.5. The van der Waals surface area contributed by atoms with Gasteiger partial charge in [0.1, 0.15) is 13.2 Å². The Balaban J connectivity index is 1.55. The molecule has 0 aliphatic carbocycles. The minimum Gasteiger partial charge on any atom is -0.493 e. The van der Waals surface area contributed by atoms with E-state index in [-0.39, 0.29) is 30.4 Å². The molecule has 1 aliphatic rings. The summed E-state index contributed by atoms with van der Waals surface area (Å²) in [6.45, 7) is 4.96. The Hall–Kier alpha value is -3.32. The summed E-state index contributed by atoms with van der Waals surface area (Å²) in [5.74, 6) is 1.11. The van der Waals surface area contributed by atoms with E-state index in [0.717, 1.165) is 18.4 Å². The lowest BCUT2D eigenvalue weighted by Gasteiger charge is -2.38. The monoisotopic (exact) mass is 492 g/mol. The number of thiophene rings is 1. The number of nitrogens with zero attached hydrogens (tertiary/aromatic N) is 2. The fourth-order valence-corrected chi connectivity index (χ4v) is 5.34. The molecular formula is C28H32N2O4S. The van der Waals surface area contributed by atoms with Crippen LogP contribution in [0.5, 0.6) is 11.5 Å². The number of carbonyl (C=O) groups excluding carboxylic acids is 2. The Bertz CT molecular complexity index is 1150. The van der Waals surface area contributed by atoms with Crippen LogP contribution in [0, 0.1) is 0 Å². The van der Waals surface area contributed by atoms with Gasteiger partial charge in [-0.3, -0.25) is 9.59 Å². The zero-order valence-corrected chi connectivity index (χ0v) is 21.3. The van der Waals surface area contributed by atoms with Gasteiger partial charge >= 0.3 is 0 Å². The summed E-state index contributed by atoms with van der Waals surface area (Å²) in [5, 5.41) is 2.07. The van der Waals surface area contributed by atoms with Crippen LogP contribution in [0.1, 0.15) is 47.1 Å². The van der Waals surface area contributed by atoms with E-state index in [0.29, 0.717) is 30.2 Å². The first-order valence-electron chi connectivity index (χ1n) is 12.0. The van der Waals surface area contributed by atoms with Gasteiger partial charge in [-0.2, -0.15) is 0 Å². The molecule has 1 aromatic heterocycles. The van der Waals surface area contributed by atoms with Gasteiger partial charge in [-0.25, -0.2) is 0 Å². The van der Waals surface area contributed by atoms with Crippen molar-refractivity contribution in [2.75, 3.05) is 26.8 Å². The minimum absolute atomic E-state index is 0.0351. The molecule has 2 atom stereocenters. The first-order chi connectivity index (χ1) is 17.0. The second-order valence-corrected chi connectivity index (χ2v) is 9.67. The van der Waals surface area contributed by atoms with Gasteiger partial charge in [-0.05, 0) is 61.0 Å². The molecule has 0 unspecified atom stereocenters. The van der Waals surface area contributed by atoms with Crippen molar-refractivity contribution in [3.63, 3.8) is 0 Å². The summed E-state index contributed by atoms with van der Waals surface area (Å²) in [7, 11) is 1.61. The topological polar surface area (TPSA) is 59.1 Å². The SMILES string of the molecule is CC[C@@H](C)N(CC(=O)N1CCc2sccc2[C@@H]1COc1ccccc1OC)C(=O)c1ccccc1. The molecule has 0 saturated heterocycles. The van der Waals surface area contributed by atoms with E-state index < -0.39 is 0 Å². The molecule has 0 radical (unpaired) electrons. The van der Waals surface area contributed by atoms with Crippen molar-refractivity contribution in [1.82, 2.24) is 9.80 Å². The molecule has 0 fully saturated rings. The van der Waals surface area contributed by atoms with E-state index in [1.54, 1.807) is 35.5 Å². The van der Waals surface area contributed by atoms with Crippen molar-refractivity contribution in [2.24, 2.45) is 0 Å². The molecule has 0 N–H and O–H groups in total. The highest BCUT2D eigenvalue weighted by Crippen LogP contribution is 2.35. The molecule has 1 aliphatic heterocycles. The molecular weight excluding hydrogens is 460 g/mol. The van der Waals surface area contributed by atoms with Gasteiger partial charge < -0.3 is 19.3 Å². The maximum Gasteiger partial charge on any atom is 0.254 e. The Morgan fingerprint density at radius 2 is 1.80 bits per heavy atom. The van der Waals surface area contributed by atoms with Crippen LogP contribution in [-0.2, 0) is 11.2 Å². The number of rotatable bonds is 9. The molecule has 2 amide bonds. The number of carbonyl (C=O) groups is 2. The average molecular weight is 493 g/mol. The first-order valence-corrected chi connectivity index (χ1v) is 12.9. The quantitative estimate of drug-likeness (QED) is 0.412. The second kappa shape index (κ2) is 11.4. The predicted octanol–water partition coefficient (Wildman–Crippen LogP) is 5.20.